The first-order chi connectivity index (χ1) is 23.5. The lowest BCUT2D eigenvalue weighted by Gasteiger charge is -2.36. The highest BCUT2D eigenvalue weighted by atomic mass is 16.7. The van der Waals surface area contributed by atoms with Crippen molar-refractivity contribution < 1.29 is 24.2 Å². The van der Waals surface area contributed by atoms with E-state index >= 15 is 0 Å². The van der Waals surface area contributed by atoms with Crippen LogP contribution in [-0.2, 0) is 29.2 Å². The molecule has 5 aromatic carbocycles. The molecule has 1 aromatic heterocycles. The van der Waals surface area contributed by atoms with Crippen LogP contribution in [0.5, 0.6) is 0 Å². The number of ether oxygens (including phenoxy) is 2. The van der Waals surface area contributed by atoms with Crippen molar-refractivity contribution in [2.24, 2.45) is 0 Å². The molecule has 2 aliphatic heterocycles. The first kappa shape index (κ1) is 30.0. The standard InChI is InChI=1S/C40H33N3O5/c44-24-26-15-17-28(18-16-26)37-21-32(23-42-25-41-35-13-3-4-14-36(35)42)47-40(48-37)31-10-6-9-30(20-31)29-8-5-7-27(19-29)22-43-38(45)33-11-1-2-12-34(33)39(43)46/h1-20,25,32,37,40,44H,21-24H2/t32-,37+,40+/m0/s1. The Morgan fingerprint density at radius 3 is 2.19 bits per heavy atom. The maximum Gasteiger partial charge on any atom is 0.261 e. The molecule has 0 bridgehead atoms. The van der Waals surface area contributed by atoms with Gasteiger partial charge in [0.05, 0.1) is 60.4 Å². The zero-order valence-electron chi connectivity index (χ0n) is 26.1. The highest BCUT2D eigenvalue weighted by Gasteiger charge is 2.35. The van der Waals surface area contributed by atoms with Gasteiger partial charge in [0, 0.05) is 12.0 Å². The van der Waals surface area contributed by atoms with Crippen LogP contribution in [0.1, 0.15) is 61.8 Å². The number of benzene rings is 5. The van der Waals surface area contributed by atoms with E-state index in [4.69, 9.17) is 9.47 Å². The van der Waals surface area contributed by atoms with Crippen LogP contribution in [0, 0.1) is 0 Å². The summed E-state index contributed by atoms with van der Waals surface area (Å²) in [7, 11) is 0. The molecule has 8 nitrogen and oxygen atoms in total. The van der Waals surface area contributed by atoms with Gasteiger partial charge in [-0.1, -0.05) is 84.9 Å². The number of imidazole rings is 1. The number of hydrogen-bond donors (Lipinski definition) is 1. The van der Waals surface area contributed by atoms with Gasteiger partial charge in [-0.3, -0.25) is 14.5 Å². The second-order valence-corrected chi connectivity index (χ2v) is 12.3. The lowest BCUT2D eigenvalue weighted by Crippen LogP contribution is -2.32. The lowest BCUT2D eigenvalue weighted by molar-refractivity contribution is -0.252. The summed E-state index contributed by atoms with van der Waals surface area (Å²) in [5.41, 5.74) is 8.43. The fourth-order valence-corrected chi connectivity index (χ4v) is 6.69. The number of amides is 2. The van der Waals surface area contributed by atoms with Crippen LogP contribution >= 0.6 is 0 Å². The fraction of sp³-hybridized carbons (Fsp3) is 0.175. The quantitative estimate of drug-likeness (QED) is 0.177. The zero-order valence-corrected chi connectivity index (χ0v) is 26.1. The number of fused-ring (bicyclic) bond motifs is 2. The molecule has 8 heteroatoms. The Bertz CT molecular complexity index is 2100. The molecule has 0 unspecified atom stereocenters. The largest absolute Gasteiger partial charge is 0.392 e. The van der Waals surface area contributed by atoms with Gasteiger partial charge in [-0.05, 0) is 64.2 Å². The predicted molar refractivity (Wildman–Crippen MR) is 181 cm³/mol. The molecule has 1 fully saturated rings. The van der Waals surface area contributed by atoms with Gasteiger partial charge in [-0.25, -0.2) is 4.98 Å². The molecule has 1 N–H and O–H groups in total. The molecule has 0 aliphatic carbocycles. The van der Waals surface area contributed by atoms with Crippen molar-refractivity contribution in [3.63, 3.8) is 0 Å². The number of hydrogen-bond acceptors (Lipinski definition) is 6. The van der Waals surface area contributed by atoms with Crippen LogP contribution in [0.25, 0.3) is 22.2 Å². The molecule has 3 heterocycles. The van der Waals surface area contributed by atoms with Gasteiger partial charge in [0.15, 0.2) is 6.29 Å². The number of rotatable bonds is 8. The third-order valence-corrected chi connectivity index (χ3v) is 9.18. The number of imide groups is 1. The summed E-state index contributed by atoms with van der Waals surface area (Å²) in [6.45, 7) is 0.793. The Morgan fingerprint density at radius 2 is 1.42 bits per heavy atom. The maximum atomic E-state index is 13.0. The van der Waals surface area contributed by atoms with Gasteiger partial charge in [0.25, 0.3) is 11.8 Å². The molecule has 1 saturated heterocycles. The first-order valence-corrected chi connectivity index (χ1v) is 16.1. The third-order valence-electron chi connectivity index (χ3n) is 9.18. The minimum Gasteiger partial charge on any atom is -0.392 e. The van der Waals surface area contributed by atoms with Crippen LogP contribution in [-0.4, -0.2) is 37.5 Å². The molecule has 6 aromatic rings. The zero-order chi connectivity index (χ0) is 32.6. The van der Waals surface area contributed by atoms with Crippen molar-refractivity contribution in [2.45, 2.75) is 44.6 Å². The fourth-order valence-electron chi connectivity index (χ4n) is 6.69. The second kappa shape index (κ2) is 12.7. The second-order valence-electron chi connectivity index (χ2n) is 12.3. The highest BCUT2D eigenvalue weighted by Crippen LogP contribution is 2.39. The molecular weight excluding hydrogens is 602 g/mol. The van der Waals surface area contributed by atoms with E-state index < -0.39 is 6.29 Å². The van der Waals surface area contributed by atoms with E-state index in [1.165, 1.54) is 4.90 Å². The van der Waals surface area contributed by atoms with Crippen LogP contribution < -0.4 is 0 Å². The van der Waals surface area contributed by atoms with Crippen LogP contribution in [0.15, 0.2) is 128 Å². The van der Waals surface area contributed by atoms with Gasteiger partial charge in [0.2, 0.25) is 0 Å². The van der Waals surface area contributed by atoms with E-state index in [1.54, 1.807) is 24.3 Å². The Morgan fingerprint density at radius 1 is 0.708 bits per heavy atom. The highest BCUT2D eigenvalue weighted by molar-refractivity contribution is 6.21. The van der Waals surface area contributed by atoms with Gasteiger partial charge in [0.1, 0.15) is 0 Å². The average molecular weight is 636 g/mol. The van der Waals surface area contributed by atoms with Crippen molar-refractivity contribution >= 4 is 22.8 Å². The van der Waals surface area contributed by atoms with Gasteiger partial charge < -0.3 is 19.1 Å². The van der Waals surface area contributed by atoms with Gasteiger partial charge in [-0.15, -0.1) is 0 Å². The third kappa shape index (κ3) is 5.71. The molecular formula is C40H33N3O5. The summed E-state index contributed by atoms with van der Waals surface area (Å²) in [6.07, 6.45) is 1.51. The summed E-state index contributed by atoms with van der Waals surface area (Å²) in [5, 5.41) is 9.58. The van der Waals surface area contributed by atoms with Crippen LogP contribution in [0.2, 0.25) is 0 Å². The van der Waals surface area contributed by atoms with E-state index in [9.17, 15) is 14.7 Å². The Balaban J connectivity index is 1.06. The smallest absolute Gasteiger partial charge is 0.261 e. The summed E-state index contributed by atoms with van der Waals surface area (Å²) in [4.78, 5) is 31.9. The Labute approximate surface area is 277 Å². The van der Waals surface area contributed by atoms with Crippen molar-refractivity contribution in [1.29, 1.82) is 0 Å². The first-order valence-electron chi connectivity index (χ1n) is 16.1. The van der Waals surface area contributed by atoms with E-state index in [-0.39, 0.29) is 37.2 Å². The molecule has 0 spiro atoms. The molecule has 3 atom stereocenters. The monoisotopic (exact) mass is 635 g/mol. The van der Waals surface area contributed by atoms with Crippen LogP contribution in [0.4, 0.5) is 0 Å². The number of aromatic nitrogens is 2. The normalized spacial score (nSPS) is 19.2. The van der Waals surface area contributed by atoms with Gasteiger partial charge in [-0.2, -0.15) is 0 Å². The van der Waals surface area contributed by atoms with E-state index in [0.29, 0.717) is 24.1 Å². The number of nitrogens with zero attached hydrogens (tertiary/aromatic N) is 3. The Hall–Kier alpha value is -5.41. The number of aliphatic hydroxyl groups is 1. The Kier molecular flexibility index (Phi) is 7.90. The summed E-state index contributed by atoms with van der Waals surface area (Å²) in [5.74, 6) is -0.540. The van der Waals surface area contributed by atoms with Crippen molar-refractivity contribution in [3.05, 3.63) is 161 Å². The average Bonchev–Trinajstić information content (AvgIpc) is 3.65. The van der Waals surface area contributed by atoms with Crippen molar-refractivity contribution in [2.75, 3.05) is 0 Å². The summed E-state index contributed by atoms with van der Waals surface area (Å²) in [6, 6.07) is 38.9. The summed E-state index contributed by atoms with van der Waals surface area (Å²) < 4.78 is 15.4. The molecule has 2 amide bonds. The minimum atomic E-state index is -0.623. The minimum absolute atomic E-state index is 0.0137. The van der Waals surface area contributed by atoms with E-state index in [1.807, 2.05) is 91.3 Å². The SMILES string of the molecule is O=C1c2ccccc2C(=O)N1Cc1cccc(-c2cccc([C@@H]3O[C@H](Cn4cnc5ccccc54)C[C@H](c4ccc(CO)cc4)O3)c2)c1. The predicted octanol–water partition coefficient (Wildman–Crippen LogP) is 7.24. The van der Waals surface area contributed by atoms with Crippen molar-refractivity contribution in [3.8, 4) is 11.1 Å². The number of carbonyl (C=O) groups excluding carboxylic acids is 2. The maximum absolute atomic E-state index is 13.0. The molecule has 2 aliphatic rings. The molecule has 238 valence electrons. The molecule has 8 rings (SSSR count). The number of para-hydroxylation sites is 2. The van der Waals surface area contributed by atoms with Crippen molar-refractivity contribution in [1.82, 2.24) is 14.5 Å². The summed E-state index contributed by atoms with van der Waals surface area (Å²) >= 11 is 0. The lowest BCUT2D eigenvalue weighted by atomic mass is 9.98. The van der Waals surface area contributed by atoms with E-state index in [2.05, 4.69) is 21.7 Å². The number of carbonyl (C=O) groups is 2. The molecule has 48 heavy (non-hydrogen) atoms. The number of aliphatic hydroxyl groups excluding tert-OH is 1. The van der Waals surface area contributed by atoms with E-state index in [0.717, 1.165) is 44.4 Å². The van der Waals surface area contributed by atoms with Gasteiger partial charge >= 0.3 is 0 Å². The molecule has 0 saturated carbocycles. The van der Waals surface area contributed by atoms with Crippen LogP contribution in [0.3, 0.4) is 0 Å². The topological polar surface area (TPSA) is 93.9 Å². The molecule has 0 radical (unpaired) electrons.